The van der Waals surface area contributed by atoms with E-state index in [1.807, 2.05) is 62.4 Å². The van der Waals surface area contributed by atoms with Crippen molar-refractivity contribution in [3.05, 3.63) is 101 Å². The van der Waals surface area contributed by atoms with E-state index in [0.717, 1.165) is 34.4 Å². The molecule has 0 unspecified atom stereocenters. The van der Waals surface area contributed by atoms with Crippen LogP contribution in [0.3, 0.4) is 0 Å². The van der Waals surface area contributed by atoms with Crippen LogP contribution in [-0.2, 0) is 4.79 Å². The summed E-state index contributed by atoms with van der Waals surface area (Å²) in [6.45, 7) is 4.55. The minimum atomic E-state index is -0.276. The van der Waals surface area contributed by atoms with E-state index in [2.05, 4.69) is 41.0 Å². The van der Waals surface area contributed by atoms with Gasteiger partial charge in [-0.1, -0.05) is 48.5 Å². The Hall–Kier alpha value is -3.77. The molecule has 0 atom stereocenters. The molecule has 1 aliphatic heterocycles. The lowest BCUT2D eigenvalue weighted by Gasteiger charge is -2.13. The SMILES string of the molecule is Cc1cc(/C=C2\SC(=O)N(CCOc3ccccc3)C2=O)c(C)n1-c1ccc2ccccc2c1. The molecule has 0 N–H and O–H groups in total. The third-order valence-corrected chi connectivity index (χ3v) is 6.86. The second-order valence-electron chi connectivity index (χ2n) is 8.19. The van der Waals surface area contributed by atoms with Crippen molar-refractivity contribution >= 4 is 39.8 Å². The molecular formula is C28H24N2O3S. The van der Waals surface area contributed by atoms with Crippen LogP contribution in [0.5, 0.6) is 5.75 Å². The molecule has 0 aliphatic carbocycles. The van der Waals surface area contributed by atoms with Crippen LogP contribution >= 0.6 is 11.8 Å². The first kappa shape index (κ1) is 22.0. The number of ether oxygens (including phenoxy) is 1. The molecule has 0 radical (unpaired) electrons. The fourth-order valence-electron chi connectivity index (χ4n) is 4.25. The topological polar surface area (TPSA) is 51.5 Å². The van der Waals surface area contributed by atoms with Crippen molar-refractivity contribution in [2.24, 2.45) is 0 Å². The van der Waals surface area contributed by atoms with Gasteiger partial charge in [0.25, 0.3) is 11.1 Å². The summed E-state index contributed by atoms with van der Waals surface area (Å²) in [5.41, 5.74) is 4.08. The van der Waals surface area contributed by atoms with Crippen molar-refractivity contribution in [3.63, 3.8) is 0 Å². The molecule has 1 aliphatic rings. The molecule has 34 heavy (non-hydrogen) atoms. The predicted molar refractivity (Wildman–Crippen MR) is 137 cm³/mol. The summed E-state index contributed by atoms with van der Waals surface area (Å²) in [5.74, 6) is 0.438. The number of aromatic nitrogens is 1. The maximum atomic E-state index is 12.9. The smallest absolute Gasteiger partial charge is 0.293 e. The summed E-state index contributed by atoms with van der Waals surface area (Å²) < 4.78 is 7.83. The molecule has 0 saturated carbocycles. The number of thioether (sulfide) groups is 1. The Bertz CT molecular complexity index is 1420. The van der Waals surface area contributed by atoms with Crippen molar-refractivity contribution in [2.75, 3.05) is 13.2 Å². The molecule has 3 aromatic carbocycles. The summed E-state index contributed by atoms with van der Waals surface area (Å²) in [6.07, 6.45) is 1.82. The highest BCUT2D eigenvalue weighted by atomic mass is 32.2. The van der Waals surface area contributed by atoms with Crippen LogP contribution < -0.4 is 4.74 Å². The van der Waals surface area contributed by atoms with Gasteiger partial charge >= 0.3 is 0 Å². The molecule has 1 saturated heterocycles. The van der Waals surface area contributed by atoms with Gasteiger partial charge in [0.2, 0.25) is 0 Å². The van der Waals surface area contributed by atoms with E-state index in [-0.39, 0.29) is 24.3 Å². The van der Waals surface area contributed by atoms with Gasteiger partial charge in [-0.2, -0.15) is 0 Å². The molecule has 2 heterocycles. The van der Waals surface area contributed by atoms with E-state index in [1.54, 1.807) is 0 Å². The highest BCUT2D eigenvalue weighted by Gasteiger charge is 2.35. The zero-order chi connectivity index (χ0) is 23.7. The number of fused-ring (bicyclic) bond motifs is 1. The van der Waals surface area contributed by atoms with E-state index in [4.69, 9.17) is 4.74 Å². The molecule has 5 rings (SSSR count). The Labute approximate surface area is 202 Å². The van der Waals surface area contributed by atoms with Gasteiger partial charge in [0.1, 0.15) is 12.4 Å². The van der Waals surface area contributed by atoms with E-state index in [9.17, 15) is 9.59 Å². The van der Waals surface area contributed by atoms with Crippen LogP contribution in [0, 0.1) is 13.8 Å². The first-order valence-corrected chi connectivity index (χ1v) is 11.9. The van der Waals surface area contributed by atoms with E-state index < -0.39 is 0 Å². The van der Waals surface area contributed by atoms with E-state index in [0.29, 0.717) is 10.7 Å². The van der Waals surface area contributed by atoms with Crippen molar-refractivity contribution in [2.45, 2.75) is 13.8 Å². The van der Waals surface area contributed by atoms with Gasteiger partial charge in [-0.25, -0.2) is 0 Å². The zero-order valence-corrected chi connectivity index (χ0v) is 19.8. The molecule has 0 bridgehead atoms. The summed E-state index contributed by atoms with van der Waals surface area (Å²) >= 11 is 0.978. The van der Waals surface area contributed by atoms with Crippen LogP contribution in [0.4, 0.5) is 4.79 Å². The fraction of sp³-hybridized carbons (Fsp3) is 0.143. The monoisotopic (exact) mass is 468 g/mol. The zero-order valence-electron chi connectivity index (χ0n) is 19.0. The van der Waals surface area contributed by atoms with E-state index in [1.165, 1.54) is 15.7 Å². The third kappa shape index (κ3) is 4.24. The quantitative estimate of drug-likeness (QED) is 0.309. The lowest BCUT2D eigenvalue weighted by molar-refractivity contribution is -0.123. The summed E-state index contributed by atoms with van der Waals surface area (Å²) in [4.78, 5) is 27.1. The van der Waals surface area contributed by atoms with Crippen molar-refractivity contribution in [1.82, 2.24) is 9.47 Å². The number of aryl methyl sites for hydroxylation is 1. The highest BCUT2D eigenvalue weighted by molar-refractivity contribution is 8.18. The summed E-state index contributed by atoms with van der Waals surface area (Å²) in [7, 11) is 0. The van der Waals surface area contributed by atoms with Crippen LogP contribution in [0.25, 0.3) is 22.5 Å². The first-order chi connectivity index (χ1) is 16.5. The van der Waals surface area contributed by atoms with Gasteiger partial charge in [-0.15, -0.1) is 0 Å². The number of carbonyl (C=O) groups is 2. The molecular weight excluding hydrogens is 444 g/mol. The van der Waals surface area contributed by atoms with Crippen molar-refractivity contribution in [3.8, 4) is 11.4 Å². The van der Waals surface area contributed by atoms with E-state index >= 15 is 0 Å². The van der Waals surface area contributed by atoms with Crippen LogP contribution in [0.1, 0.15) is 17.0 Å². The Morgan fingerprint density at radius 1 is 0.882 bits per heavy atom. The summed E-state index contributed by atoms with van der Waals surface area (Å²) in [6, 6.07) is 26.1. The van der Waals surface area contributed by atoms with Crippen LogP contribution in [0.15, 0.2) is 83.8 Å². The normalized spacial score (nSPS) is 15.0. The number of benzene rings is 3. The molecule has 1 aromatic heterocycles. The second kappa shape index (κ2) is 9.23. The maximum Gasteiger partial charge on any atom is 0.293 e. The third-order valence-electron chi connectivity index (χ3n) is 5.95. The van der Waals surface area contributed by atoms with Gasteiger partial charge in [-0.3, -0.25) is 14.5 Å². The molecule has 170 valence electrons. The minimum Gasteiger partial charge on any atom is -0.492 e. The summed E-state index contributed by atoms with van der Waals surface area (Å²) in [5, 5.41) is 2.10. The first-order valence-electron chi connectivity index (χ1n) is 11.1. The lowest BCUT2D eigenvalue weighted by atomic mass is 10.1. The fourth-order valence-corrected chi connectivity index (χ4v) is 5.11. The van der Waals surface area contributed by atoms with Crippen LogP contribution in [0.2, 0.25) is 0 Å². The second-order valence-corrected chi connectivity index (χ2v) is 9.18. The van der Waals surface area contributed by atoms with Crippen LogP contribution in [-0.4, -0.2) is 33.8 Å². The Balaban J connectivity index is 1.36. The number of hydrogen-bond donors (Lipinski definition) is 0. The number of para-hydroxylation sites is 1. The van der Waals surface area contributed by atoms with Gasteiger partial charge in [0.15, 0.2) is 0 Å². The number of hydrogen-bond acceptors (Lipinski definition) is 4. The molecule has 4 aromatic rings. The molecule has 5 nitrogen and oxygen atoms in total. The molecule has 0 spiro atoms. The number of rotatable bonds is 6. The number of nitrogens with zero attached hydrogens (tertiary/aromatic N) is 2. The lowest BCUT2D eigenvalue weighted by Crippen LogP contribution is -2.32. The molecule has 1 fully saturated rings. The van der Waals surface area contributed by atoms with Gasteiger partial charge in [0.05, 0.1) is 11.4 Å². The number of imide groups is 1. The predicted octanol–water partition coefficient (Wildman–Crippen LogP) is 6.36. The van der Waals surface area contributed by atoms with Gasteiger partial charge in [-0.05, 0) is 78.4 Å². The average molecular weight is 469 g/mol. The number of amides is 2. The van der Waals surface area contributed by atoms with Crippen molar-refractivity contribution < 1.29 is 14.3 Å². The Morgan fingerprint density at radius 3 is 2.41 bits per heavy atom. The molecule has 2 amide bonds. The van der Waals surface area contributed by atoms with Gasteiger partial charge in [0, 0.05) is 17.1 Å². The highest BCUT2D eigenvalue weighted by Crippen LogP contribution is 2.34. The Kier molecular flexibility index (Phi) is 5.99. The van der Waals surface area contributed by atoms with Crippen molar-refractivity contribution in [1.29, 1.82) is 0 Å². The Morgan fingerprint density at radius 2 is 1.62 bits per heavy atom. The number of carbonyl (C=O) groups excluding carboxylic acids is 2. The minimum absolute atomic E-state index is 0.215. The largest absolute Gasteiger partial charge is 0.492 e. The maximum absolute atomic E-state index is 12.9. The standard InChI is InChI=1S/C28H24N2O3S/c1-19-16-23(20(2)30(19)24-13-12-21-8-6-7-9-22(21)17-24)18-26-27(31)29(28(32)34-26)14-15-33-25-10-4-3-5-11-25/h3-13,16-18H,14-15H2,1-2H3/b26-18-. The van der Waals surface area contributed by atoms with Gasteiger partial charge < -0.3 is 9.30 Å². The average Bonchev–Trinajstić information content (AvgIpc) is 3.28. The molecule has 6 heteroatoms.